The molecule has 1 aliphatic rings. The van der Waals surface area contributed by atoms with E-state index in [0.29, 0.717) is 43.2 Å². The Kier molecular flexibility index (Phi) is 5.29. The number of rotatable bonds is 4. The fourth-order valence-electron chi connectivity index (χ4n) is 3.37. The fraction of sp³-hybridized carbons (Fsp3) is 0.227. The first-order valence-electron chi connectivity index (χ1n) is 9.52. The molecule has 1 aromatic carbocycles. The summed E-state index contributed by atoms with van der Waals surface area (Å²) in [5.74, 6) is 0.953. The molecule has 2 amide bonds. The third-order valence-corrected chi connectivity index (χ3v) is 5.02. The molecule has 2 aromatic heterocycles. The Hall–Kier alpha value is -3.61. The highest BCUT2D eigenvalue weighted by Gasteiger charge is 2.24. The molecule has 0 saturated carbocycles. The molecule has 0 spiro atoms. The van der Waals surface area contributed by atoms with Crippen LogP contribution in [0.2, 0.25) is 0 Å². The lowest BCUT2D eigenvalue weighted by Crippen LogP contribution is -2.49. The highest BCUT2D eigenvalue weighted by molar-refractivity contribution is 6.05. The van der Waals surface area contributed by atoms with Gasteiger partial charge in [-0.3, -0.25) is 9.59 Å². The van der Waals surface area contributed by atoms with Gasteiger partial charge in [-0.25, -0.2) is 4.98 Å². The molecular formula is C22H22N4O3. The molecule has 0 bridgehead atoms. The fourth-order valence-corrected chi connectivity index (χ4v) is 3.37. The Morgan fingerprint density at radius 3 is 2.45 bits per heavy atom. The number of hydrogen-bond donors (Lipinski definition) is 1. The maximum Gasteiger partial charge on any atom is 0.289 e. The van der Waals surface area contributed by atoms with E-state index in [1.165, 1.54) is 6.26 Å². The van der Waals surface area contributed by atoms with E-state index in [9.17, 15) is 9.59 Å². The van der Waals surface area contributed by atoms with Gasteiger partial charge in [-0.05, 0) is 42.8 Å². The van der Waals surface area contributed by atoms with Gasteiger partial charge in [-0.2, -0.15) is 0 Å². The average molecular weight is 390 g/mol. The molecule has 4 rings (SSSR count). The number of aromatic nitrogens is 1. The third-order valence-electron chi connectivity index (χ3n) is 5.02. The summed E-state index contributed by atoms with van der Waals surface area (Å²) in [4.78, 5) is 33.2. The zero-order chi connectivity index (χ0) is 20.2. The molecule has 1 fully saturated rings. The van der Waals surface area contributed by atoms with Crippen LogP contribution in [0.4, 0.5) is 11.5 Å². The number of anilines is 2. The number of carbonyl (C=O) groups is 2. The van der Waals surface area contributed by atoms with Gasteiger partial charge in [0.2, 0.25) is 0 Å². The maximum atomic E-state index is 12.4. The number of aryl methyl sites for hydroxylation is 1. The zero-order valence-electron chi connectivity index (χ0n) is 16.2. The molecule has 0 radical (unpaired) electrons. The van der Waals surface area contributed by atoms with Crippen LogP contribution in [-0.2, 0) is 0 Å². The SMILES string of the molecule is Cc1ccccc1C(=O)Nc1ccc(N2CCN(C(=O)c3ccco3)CC2)nc1. The number of nitrogens with zero attached hydrogens (tertiary/aromatic N) is 3. The number of amides is 2. The number of nitrogens with one attached hydrogen (secondary N) is 1. The normalized spacial score (nSPS) is 14.0. The van der Waals surface area contributed by atoms with Crippen molar-refractivity contribution < 1.29 is 14.0 Å². The van der Waals surface area contributed by atoms with E-state index >= 15 is 0 Å². The van der Waals surface area contributed by atoms with Crippen molar-refractivity contribution in [3.63, 3.8) is 0 Å². The highest BCUT2D eigenvalue weighted by atomic mass is 16.3. The van der Waals surface area contributed by atoms with Crippen LogP contribution in [0.15, 0.2) is 65.4 Å². The molecule has 1 saturated heterocycles. The summed E-state index contributed by atoms with van der Waals surface area (Å²) in [6.45, 7) is 4.50. The zero-order valence-corrected chi connectivity index (χ0v) is 16.2. The van der Waals surface area contributed by atoms with E-state index in [4.69, 9.17) is 4.42 Å². The van der Waals surface area contributed by atoms with E-state index in [1.54, 1.807) is 29.3 Å². The summed E-state index contributed by atoms with van der Waals surface area (Å²) in [6, 6.07) is 14.6. The number of carbonyl (C=O) groups excluding carboxylic acids is 2. The van der Waals surface area contributed by atoms with Crippen molar-refractivity contribution >= 4 is 23.3 Å². The van der Waals surface area contributed by atoms with E-state index in [1.807, 2.05) is 37.3 Å². The first-order chi connectivity index (χ1) is 14.1. The van der Waals surface area contributed by atoms with Crippen LogP contribution in [0, 0.1) is 6.92 Å². The van der Waals surface area contributed by atoms with E-state index < -0.39 is 0 Å². The van der Waals surface area contributed by atoms with Crippen LogP contribution in [0.3, 0.4) is 0 Å². The minimum absolute atomic E-state index is 0.0862. The molecule has 7 nitrogen and oxygen atoms in total. The second-order valence-corrected chi connectivity index (χ2v) is 6.93. The summed E-state index contributed by atoms with van der Waals surface area (Å²) >= 11 is 0. The predicted molar refractivity (Wildman–Crippen MR) is 110 cm³/mol. The summed E-state index contributed by atoms with van der Waals surface area (Å²) in [5, 5.41) is 2.88. The molecule has 148 valence electrons. The van der Waals surface area contributed by atoms with Crippen molar-refractivity contribution in [2.45, 2.75) is 6.92 Å². The van der Waals surface area contributed by atoms with Crippen LogP contribution >= 0.6 is 0 Å². The minimum Gasteiger partial charge on any atom is -0.459 e. The largest absolute Gasteiger partial charge is 0.459 e. The maximum absolute atomic E-state index is 12.4. The third kappa shape index (κ3) is 4.13. The molecule has 1 N–H and O–H groups in total. The topological polar surface area (TPSA) is 78.7 Å². The number of benzene rings is 1. The van der Waals surface area contributed by atoms with Gasteiger partial charge in [-0.1, -0.05) is 18.2 Å². The van der Waals surface area contributed by atoms with E-state index in [-0.39, 0.29) is 11.8 Å². The van der Waals surface area contributed by atoms with Gasteiger partial charge in [0.15, 0.2) is 5.76 Å². The molecule has 7 heteroatoms. The number of piperazine rings is 1. The quantitative estimate of drug-likeness (QED) is 0.740. The first kappa shape index (κ1) is 18.7. The van der Waals surface area contributed by atoms with Gasteiger partial charge in [0.05, 0.1) is 18.1 Å². The van der Waals surface area contributed by atoms with E-state index in [0.717, 1.165) is 11.4 Å². The summed E-state index contributed by atoms with van der Waals surface area (Å²) in [5.41, 5.74) is 2.22. The lowest BCUT2D eigenvalue weighted by molar-refractivity contribution is 0.0714. The lowest BCUT2D eigenvalue weighted by atomic mass is 10.1. The van der Waals surface area contributed by atoms with Crippen molar-refractivity contribution in [2.75, 3.05) is 36.4 Å². The number of furan rings is 1. The Balaban J connectivity index is 1.35. The van der Waals surface area contributed by atoms with Crippen LogP contribution in [0.25, 0.3) is 0 Å². The summed E-state index contributed by atoms with van der Waals surface area (Å²) in [7, 11) is 0. The molecule has 0 aliphatic carbocycles. The van der Waals surface area contributed by atoms with Crippen LogP contribution in [0.1, 0.15) is 26.5 Å². The number of pyridine rings is 1. The second-order valence-electron chi connectivity index (χ2n) is 6.93. The van der Waals surface area contributed by atoms with Crippen molar-refractivity contribution in [2.24, 2.45) is 0 Å². The smallest absolute Gasteiger partial charge is 0.289 e. The monoisotopic (exact) mass is 390 g/mol. The van der Waals surface area contributed by atoms with Crippen LogP contribution in [-0.4, -0.2) is 47.9 Å². The van der Waals surface area contributed by atoms with Gasteiger partial charge in [0.25, 0.3) is 11.8 Å². The summed E-state index contributed by atoms with van der Waals surface area (Å²) in [6.07, 6.45) is 3.17. The van der Waals surface area contributed by atoms with Crippen molar-refractivity contribution in [3.05, 3.63) is 77.9 Å². The first-order valence-corrected chi connectivity index (χ1v) is 9.52. The van der Waals surface area contributed by atoms with Gasteiger partial charge in [0, 0.05) is 31.7 Å². The Morgan fingerprint density at radius 2 is 1.79 bits per heavy atom. The summed E-state index contributed by atoms with van der Waals surface area (Å²) < 4.78 is 5.19. The Labute approximate surface area is 169 Å². The lowest BCUT2D eigenvalue weighted by Gasteiger charge is -2.35. The van der Waals surface area contributed by atoms with Gasteiger partial charge in [-0.15, -0.1) is 0 Å². The molecule has 29 heavy (non-hydrogen) atoms. The van der Waals surface area contributed by atoms with Crippen LogP contribution < -0.4 is 10.2 Å². The molecular weight excluding hydrogens is 368 g/mol. The van der Waals surface area contributed by atoms with Crippen molar-refractivity contribution in [1.29, 1.82) is 0 Å². The Bertz CT molecular complexity index is 991. The minimum atomic E-state index is -0.150. The van der Waals surface area contributed by atoms with Gasteiger partial charge >= 0.3 is 0 Å². The molecule has 1 aliphatic heterocycles. The highest BCUT2D eigenvalue weighted by Crippen LogP contribution is 2.18. The molecule has 0 unspecified atom stereocenters. The number of hydrogen-bond acceptors (Lipinski definition) is 5. The molecule has 0 atom stereocenters. The second kappa shape index (κ2) is 8.18. The predicted octanol–water partition coefficient (Wildman–Crippen LogP) is 3.20. The standard InChI is InChI=1S/C22H22N4O3/c1-16-5-2-3-6-18(16)21(27)24-17-8-9-20(23-15-17)25-10-12-26(13-11-25)22(28)19-7-4-14-29-19/h2-9,14-15H,10-13H2,1H3,(H,24,27). The van der Waals surface area contributed by atoms with E-state index in [2.05, 4.69) is 15.2 Å². The van der Waals surface area contributed by atoms with Crippen molar-refractivity contribution in [1.82, 2.24) is 9.88 Å². The van der Waals surface area contributed by atoms with Crippen molar-refractivity contribution in [3.8, 4) is 0 Å². The van der Waals surface area contributed by atoms with Crippen LogP contribution in [0.5, 0.6) is 0 Å². The Morgan fingerprint density at radius 1 is 1.00 bits per heavy atom. The molecule has 3 heterocycles. The average Bonchev–Trinajstić information content (AvgIpc) is 3.29. The van der Waals surface area contributed by atoms with Gasteiger partial charge < -0.3 is 19.5 Å². The molecule has 3 aromatic rings. The van der Waals surface area contributed by atoms with Gasteiger partial charge in [0.1, 0.15) is 5.82 Å².